The van der Waals surface area contributed by atoms with Gasteiger partial charge in [-0.2, -0.15) is 0 Å². The minimum absolute atomic E-state index is 0.0472. The van der Waals surface area contributed by atoms with Crippen LogP contribution in [0.1, 0.15) is 56.3 Å². The number of nitrogens with zero attached hydrogens (tertiary/aromatic N) is 3. The molecule has 7 nitrogen and oxygen atoms in total. The van der Waals surface area contributed by atoms with Crippen LogP contribution >= 0.6 is 11.6 Å². The molecule has 0 N–H and O–H groups in total. The number of alkyl halides is 2. The van der Waals surface area contributed by atoms with Gasteiger partial charge in [0.2, 0.25) is 0 Å². The van der Waals surface area contributed by atoms with E-state index in [9.17, 15) is 18.4 Å². The number of rotatable bonds is 1. The summed E-state index contributed by atoms with van der Waals surface area (Å²) in [5.41, 5.74) is 2.14. The topological polar surface area (TPSA) is 62.3 Å². The molecule has 0 aromatic heterocycles. The van der Waals surface area contributed by atoms with Crippen LogP contribution in [0.3, 0.4) is 0 Å². The first-order chi connectivity index (χ1) is 15.9. The van der Waals surface area contributed by atoms with E-state index >= 15 is 0 Å². The van der Waals surface area contributed by atoms with Gasteiger partial charge in [0.1, 0.15) is 5.60 Å². The number of likely N-dealkylation sites (tertiary alicyclic amines) is 1. The molecule has 0 saturated carbocycles. The normalized spacial score (nSPS) is 22.9. The van der Waals surface area contributed by atoms with Gasteiger partial charge in [0.15, 0.2) is 0 Å². The van der Waals surface area contributed by atoms with Crippen LogP contribution in [0.5, 0.6) is 0 Å². The van der Waals surface area contributed by atoms with Gasteiger partial charge in [-0.05, 0) is 56.0 Å². The largest absolute Gasteiger partial charge is 0.444 e. The first-order valence-corrected chi connectivity index (χ1v) is 12.1. The van der Waals surface area contributed by atoms with Gasteiger partial charge in [0, 0.05) is 50.6 Å². The molecule has 1 aromatic carbocycles. The summed E-state index contributed by atoms with van der Waals surface area (Å²) in [5, 5.41) is 0.557. The molecule has 3 aliphatic rings. The van der Waals surface area contributed by atoms with Crippen molar-refractivity contribution in [3.63, 3.8) is 0 Å². The van der Waals surface area contributed by atoms with Crippen molar-refractivity contribution in [3.8, 4) is 0 Å². The van der Waals surface area contributed by atoms with E-state index in [1.807, 2.05) is 32.9 Å². The molecule has 1 aromatic rings. The van der Waals surface area contributed by atoms with Crippen LogP contribution in [0.15, 0.2) is 12.1 Å². The average molecular weight is 500 g/mol. The van der Waals surface area contributed by atoms with E-state index in [0.29, 0.717) is 44.3 Å². The van der Waals surface area contributed by atoms with Crippen molar-refractivity contribution in [1.29, 1.82) is 0 Å². The lowest BCUT2D eigenvalue weighted by atomic mass is 9.90. The molecule has 0 spiro atoms. The molecule has 188 valence electrons. The lowest BCUT2D eigenvalue weighted by Crippen LogP contribution is -2.50. The monoisotopic (exact) mass is 499 g/mol. The molecule has 2 saturated heterocycles. The second kappa shape index (κ2) is 9.49. The van der Waals surface area contributed by atoms with Gasteiger partial charge in [0.25, 0.3) is 5.92 Å². The Balaban J connectivity index is 1.58. The van der Waals surface area contributed by atoms with Crippen LogP contribution in [0, 0.1) is 0 Å². The minimum Gasteiger partial charge on any atom is -0.444 e. The number of hydrogen-bond acceptors (Lipinski definition) is 4. The van der Waals surface area contributed by atoms with E-state index in [2.05, 4.69) is 0 Å². The number of carbonyl (C=O) groups is 2. The Hall–Kier alpha value is -2.13. The summed E-state index contributed by atoms with van der Waals surface area (Å²) in [5.74, 6) is -2.71. The summed E-state index contributed by atoms with van der Waals surface area (Å²) in [6.45, 7) is 7.44. The van der Waals surface area contributed by atoms with Crippen molar-refractivity contribution in [2.75, 3.05) is 39.4 Å². The third-order valence-electron chi connectivity index (χ3n) is 6.49. The summed E-state index contributed by atoms with van der Waals surface area (Å²) in [7, 11) is 0. The van der Waals surface area contributed by atoms with Gasteiger partial charge >= 0.3 is 12.1 Å². The molecular weight excluding hydrogens is 468 g/mol. The van der Waals surface area contributed by atoms with Gasteiger partial charge in [0.05, 0.1) is 19.3 Å². The maximum absolute atomic E-state index is 13.6. The number of halogens is 3. The highest BCUT2D eigenvalue weighted by Gasteiger charge is 2.39. The molecule has 2 fully saturated rings. The first kappa shape index (κ1) is 25.0. The Morgan fingerprint density at radius 2 is 1.82 bits per heavy atom. The number of hydrogen-bond donors (Lipinski definition) is 0. The van der Waals surface area contributed by atoms with Gasteiger partial charge in [-0.3, -0.25) is 4.90 Å². The summed E-state index contributed by atoms with van der Waals surface area (Å²) >= 11 is 6.45. The summed E-state index contributed by atoms with van der Waals surface area (Å²) in [6.07, 6.45) is -0.450. The maximum atomic E-state index is 13.6. The fourth-order valence-corrected chi connectivity index (χ4v) is 4.99. The summed E-state index contributed by atoms with van der Waals surface area (Å²) in [4.78, 5) is 31.0. The van der Waals surface area contributed by atoms with Crippen molar-refractivity contribution in [1.82, 2.24) is 14.7 Å². The third-order valence-corrected chi connectivity index (χ3v) is 6.71. The number of carbonyl (C=O) groups excluding carboxylic acids is 2. The molecule has 0 radical (unpaired) electrons. The number of piperidine rings is 1. The van der Waals surface area contributed by atoms with E-state index in [1.54, 1.807) is 9.80 Å². The Kier molecular flexibility index (Phi) is 6.97. The predicted octanol–water partition coefficient (Wildman–Crippen LogP) is 4.86. The summed E-state index contributed by atoms with van der Waals surface area (Å²) < 4.78 is 38.5. The highest BCUT2D eigenvalue weighted by atomic mass is 35.5. The average Bonchev–Trinajstić information content (AvgIpc) is 2.76. The molecule has 3 aliphatic heterocycles. The van der Waals surface area contributed by atoms with Gasteiger partial charge < -0.3 is 19.3 Å². The van der Waals surface area contributed by atoms with Crippen LogP contribution in [0.25, 0.3) is 0 Å². The fraction of sp³-hybridized carbons (Fsp3) is 0.667. The van der Waals surface area contributed by atoms with E-state index in [4.69, 9.17) is 21.1 Å². The molecule has 0 bridgehead atoms. The Morgan fingerprint density at radius 1 is 1.12 bits per heavy atom. The summed E-state index contributed by atoms with van der Waals surface area (Å²) in [6, 6.07) is 3.09. The Bertz CT molecular complexity index is 943. The molecule has 34 heavy (non-hydrogen) atoms. The predicted molar refractivity (Wildman–Crippen MR) is 123 cm³/mol. The first-order valence-electron chi connectivity index (χ1n) is 11.7. The van der Waals surface area contributed by atoms with Crippen LogP contribution < -0.4 is 0 Å². The molecule has 0 aliphatic carbocycles. The van der Waals surface area contributed by atoms with Crippen LogP contribution in [0.4, 0.5) is 18.4 Å². The third kappa shape index (κ3) is 5.57. The smallest absolute Gasteiger partial charge is 0.410 e. The number of urea groups is 1. The van der Waals surface area contributed by atoms with Crippen molar-refractivity contribution in [2.24, 2.45) is 0 Å². The fourth-order valence-electron chi connectivity index (χ4n) is 4.74. The molecule has 1 unspecified atom stereocenters. The lowest BCUT2D eigenvalue weighted by molar-refractivity contribution is -0.0494. The Labute approximate surface area is 203 Å². The van der Waals surface area contributed by atoms with Gasteiger partial charge in [-0.15, -0.1) is 0 Å². The molecule has 4 rings (SSSR count). The number of ether oxygens (including phenoxy) is 2. The van der Waals surface area contributed by atoms with Crippen LogP contribution in [-0.2, 0) is 22.4 Å². The maximum Gasteiger partial charge on any atom is 0.410 e. The van der Waals surface area contributed by atoms with Crippen molar-refractivity contribution in [3.05, 3.63) is 33.8 Å². The molecule has 3 amide bonds. The lowest BCUT2D eigenvalue weighted by Gasteiger charge is -2.40. The zero-order valence-corrected chi connectivity index (χ0v) is 20.7. The van der Waals surface area contributed by atoms with Gasteiger partial charge in [-0.25, -0.2) is 18.4 Å². The van der Waals surface area contributed by atoms with Crippen LogP contribution in [-0.4, -0.2) is 77.7 Å². The standard InChI is InChI=1S/C24H32ClF2N3O4/c1-23(2,3)34-22(32)30-10-11-33-15-20(30)18-13-17(25)12-16-4-7-29(14-19(16)18)21(31)28-8-5-24(26,27)6-9-28/h12-13,20H,4-11,14-15H2,1-3H3. The zero-order chi connectivity index (χ0) is 24.7. The zero-order valence-electron chi connectivity index (χ0n) is 19.9. The van der Waals surface area contributed by atoms with E-state index in [-0.39, 0.29) is 32.0 Å². The number of morpholine rings is 1. The minimum atomic E-state index is -2.71. The second-order valence-electron chi connectivity index (χ2n) is 10.2. The quantitative estimate of drug-likeness (QED) is 0.553. The number of amides is 3. The molecule has 10 heteroatoms. The highest BCUT2D eigenvalue weighted by Crippen LogP contribution is 2.36. The number of benzene rings is 1. The molecule has 1 atom stereocenters. The van der Waals surface area contributed by atoms with E-state index < -0.39 is 23.7 Å². The second-order valence-corrected chi connectivity index (χ2v) is 10.6. The Morgan fingerprint density at radius 3 is 2.50 bits per heavy atom. The van der Waals surface area contributed by atoms with Crippen LogP contribution in [0.2, 0.25) is 5.02 Å². The van der Waals surface area contributed by atoms with E-state index in [0.717, 1.165) is 16.7 Å². The SMILES string of the molecule is CC(C)(C)OC(=O)N1CCOCC1c1cc(Cl)cc2c1CN(C(=O)N1CCC(F)(F)CC1)CC2. The van der Waals surface area contributed by atoms with Crippen molar-refractivity contribution >= 4 is 23.7 Å². The number of fused-ring (bicyclic) bond motifs is 1. The highest BCUT2D eigenvalue weighted by molar-refractivity contribution is 6.30. The molecular formula is C24H32ClF2N3O4. The molecule has 3 heterocycles. The van der Waals surface area contributed by atoms with Crippen molar-refractivity contribution in [2.45, 2.75) is 64.1 Å². The van der Waals surface area contributed by atoms with Gasteiger partial charge in [-0.1, -0.05) is 11.6 Å². The van der Waals surface area contributed by atoms with Crippen molar-refractivity contribution < 1.29 is 27.8 Å². The van der Waals surface area contributed by atoms with E-state index in [1.165, 1.54) is 4.90 Å².